The van der Waals surface area contributed by atoms with Crippen LogP contribution in [0.1, 0.15) is 0 Å². The molecule has 1 amide bonds. The van der Waals surface area contributed by atoms with Crippen LogP contribution in [0.25, 0.3) is 22.6 Å². The quantitative estimate of drug-likeness (QED) is 0.326. The van der Waals surface area contributed by atoms with Gasteiger partial charge in [0.25, 0.3) is 0 Å². The van der Waals surface area contributed by atoms with Crippen molar-refractivity contribution in [2.24, 2.45) is 7.05 Å². The molecule has 0 saturated heterocycles. The molecular formula is C21H17Cl2N5O2S2. The molecule has 0 aliphatic carbocycles. The Morgan fingerprint density at radius 3 is 2.66 bits per heavy atom. The Kier molecular flexibility index (Phi) is 7.00. The third kappa shape index (κ3) is 5.07. The number of anilines is 1. The van der Waals surface area contributed by atoms with Crippen molar-refractivity contribution >= 4 is 57.3 Å². The summed E-state index contributed by atoms with van der Waals surface area (Å²) in [5, 5.41) is 15.5. The summed E-state index contributed by atoms with van der Waals surface area (Å²) in [6.07, 6.45) is 0. The fourth-order valence-electron chi connectivity index (χ4n) is 2.90. The fourth-order valence-corrected chi connectivity index (χ4v) is 4.64. The molecule has 4 aromatic rings. The molecular weight excluding hydrogens is 489 g/mol. The molecule has 2 aromatic carbocycles. The van der Waals surface area contributed by atoms with Crippen LogP contribution in [-0.2, 0) is 11.8 Å². The van der Waals surface area contributed by atoms with Gasteiger partial charge in [-0.15, -0.1) is 21.5 Å². The number of aromatic nitrogens is 4. The van der Waals surface area contributed by atoms with Crippen LogP contribution < -0.4 is 10.1 Å². The van der Waals surface area contributed by atoms with Crippen LogP contribution in [0.15, 0.2) is 53.0 Å². The zero-order chi connectivity index (χ0) is 22.7. The second-order valence-electron chi connectivity index (χ2n) is 6.59. The molecule has 0 unspecified atom stereocenters. The van der Waals surface area contributed by atoms with Crippen LogP contribution in [0, 0.1) is 0 Å². The van der Waals surface area contributed by atoms with Crippen molar-refractivity contribution in [2.75, 3.05) is 18.2 Å². The van der Waals surface area contributed by atoms with Gasteiger partial charge in [-0.3, -0.25) is 4.79 Å². The molecule has 1 N–H and O–H groups in total. The second-order valence-corrected chi connectivity index (χ2v) is 9.26. The first kappa shape index (κ1) is 22.6. The van der Waals surface area contributed by atoms with Gasteiger partial charge in [0.2, 0.25) is 5.91 Å². The van der Waals surface area contributed by atoms with Crippen molar-refractivity contribution in [3.63, 3.8) is 0 Å². The lowest BCUT2D eigenvalue weighted by Crippen LogP contribution is -2.14. The lowest BCUT2D eigenvalue weighted by atomic mass is 10.2. The number of ether oxygens (including phenoxy) is 1. The van der Waals surface area contributed by atoms with Gasteiger partial charge in [-0.25, -0.2) is 4.98 Å². The van der Waals surface area contributed by atoms with Gasteiger partial charge in [0.1, 0.15) is 5.75 Å². The maximum absolute atomic E-state index is 12.4. The number of nitrogens with one attached hydrogen (secondary N) is 1. The molecule has 2 aromatic heterocycles. The van der Waals surface area contributed by atoms with Crippen LogP contribution in [0.2, 0.25) is 10.0 Å². The number of halogens is 2. The molecule has 2 heterocycles. The fraction of sp³-hybridized carbons (Fsp3) is 0.143. The monoisotopic (exact) mass is 505 g/mol. The van der Waals surface area contributed by atoms with Crippen LogP contribution >= 0.6 is 46.3 Å². The normalized spacial score (nSPS) is 10.9. The minimum absolute atomic E-state index is 0.161. The number of carbonyl (C=O) groups excluding carboxylic acids is 1. The van der Waals surface area contributed by atoms with E-state index >= 15 is 0 Å². The van der Waals surface area contributed by atoms with Crippen molar-refractivity contribution < 1.29 is 9.53 Å². The lowest BCUT2D eigenvalue weighted by Gasteiger charge is -2.09. The number of benzene rings is 2. The van der Waals surface area contributed by atoms with E-state index in [-0.39, 0.29) is 11.7 Å². The lowest BCUT2D eigenvalue weighted by molar-refractivity contribution is -0.113. The molecule has 0 aliphatic rings. The highest BCUT2D eigenvalue weighted by atomic mass is 35.5. The van der Waals surface area contributed by atoms with Gasteiger partial charge in [-0.1, -0.05) is 47.1 Å². The van der Waals surface area contributed by atoms with E-state index in [4.69, 9.17) is 27.9 Å². The molecule has 0 spiro atoms. The van der Waals surface area contributed by atoms with Crippen LogP contribution in [-0.4, -0.2) is 38.5 Å². The van der Waals surface area contributed by atoms with Gasteiger partial charge in [-0.05, 0) is 30.3 Å². The highest BCUT2D eigenvalue weighted by Gasteiger charge is 2.17. The standard InChI is InChI=1S/C21H17Cl2N5O2S2/c1-28-19(15-9-14(23)7-8-17(15)30-2)26-27-21(28)32-11-18(29)25-20-24-16(10-31-20)12-3-5-13(22)6-4-12/h3-10H,11H2,1-2H3,(H,24,25,29). The van der Waals surface area contributed by atoms with Crippen molar-refractivity contribution in [1.29, 1.82) is 0 Å². The summed E-state index contributed by atoms with van der Waals surface area (Å²) in [4.78, 5) is 16.9. The van der Waals surface area contributed by atoms with E-state index in [1.165, 1.54) is 23.1 Å². The van der Waals surface area contributed by atoms with Gasteiger partial charge in [-0.2, -0.15) is 0 Å². The number of rotatable bonds is 7. The van der Waals surface area contributed by atoms with E-state index in [1.54, 1.807) is 42.0 Å². The zero-order valence-corrected chi connectivity index (χ0v) is 20.1. The van der Waals surface area contributed by atoms with E-state index in [0.717, 1.165) is 16.8 Å². The molecule has 32 heavy (non-hydrogen) atoms. The average Bonchev–Trinajstić information content (AvgIpc) is 3.39. The van der Waals surface area contributed by atoms with E-state index in [9.17, 15) is 4.79 Å². The van der Waals surface area contributed by atoms with Crippen molar-refractivity contribution in [3.05, 3.63) is 57.9 Å². The van der Waals surface area contributed by atoms with Gasteiger partial charge >= 0.3 is 0 Å². The molecule has 0 bridgehead atoms. The molecule has 0 fully saturated rings. The molecule has 0 radical (unpaired) electrons. The maximum Gasteiger partial charge on any atom is 0.236 e. The number of thiazole rings is 1. The van der Waals surface area contributed by atoms with E-state index < -0.39 is 0 Å². The third-order valence-electron chi connectivity index (χ3n) is 4.46. The minimum Gasteiger partial charge on any atom is -0.496 e. The summed E-state index contributed by atoms with van der Waals surface area (Å²) in [7, 11) is 3.41. The first-order chi connectivity index (χ1) is 15.4. The maximum atomic E-state index is 12.4. The molecule has 0 aliphatic heterocycles. The molecule has 7 nitrogen and oxygen atoms in total. The first-order valence-corrected chi connectivity index (χ1v) is 11.9. The highest BCUT2D eigenvalue weighted by molar-refractivity contribution is 7.99. The Morgan fingerprint density at radius 1 is 1.16 bits per heavy atom. The van der Waals surface area contributed by atoms with Crippen LogP contribution in [0.3, 0.4) is 0 Å². The number of hydrogen-bond acceptors (Lipinski definition) is 7. The summed E-state index contributed by atoms with van der Waals surface area (Å²) < 4.78 is 7.20. The van der Waals surface area contributed by atoms with E-state index in [1.807, 2.05) is 24.6 Å². The number of amides is 1. The smallest absolute Gasteiger partial charge is 0.236 e. The number of carbonyl (C=O) groups is 1. The molecule has 0 saturated carbocycles. The highest BCUT2D eigenvalue weighted by Crippen LogP contribution is 2.33. The number of methoxy groups -OCH3 is 1. The van der Waals surface area contributed by atoms with Gasteiger partial charge in [0.05, 0.1) is 24.1 Å². The van der Waals surface area contributed by atoms with Crippen molar-refractivity contribution in [3.8, 4) is 28.4 Å². The Bertz CT molecular complexity index is 1260. The third-order valence-corrected chi connectivity index (χ3v) is 6.73. The average molecular weight is 506 g/mol. The Morgan fingerprint density at radius 2 is 1.91 bits per heavy atom. The number of thioether (sulfide) groups is 1. The first-order valence-electron chi connectivity index (χ1n) is 9.32. The SMILES string of the molecule is COc1ccc(Cl)cc1-c1nnc(SCC(=O)Nc2nc(-c3ccc(Cl)cc3)cs2)n1C. The van der Waals surface area contributed by atoms with Gasteiger partial charge in [0, 0.05) is 28.0 Å². The Labute approximate surface area is 202 Å². The molecule has 164 valence electrons. The largest absolute Gasteiger partial charge is 0.496 e. The van der Waals surface area contributed by atoms with Gasteiger partial charge < -0.3 is 14.6 Å². The topological polar surface area (TPSA) is 81.9 Å². The zero-order valence-electron chi connectivity index (χ0n) is 17.0. The van der Waals surface area contributed by atoms with E-state index in [2.05, 4.69) is 20.5 Å². The summed E-state index contributed by atoms with van der Waals surface area (Å²) in [6, 6.07) is 12.7. The second kappa shape index (κ2) is 9.91. The predicted octanol–water partition coefficient (Wildman–Crippen LogP) is 5.65. The van der Waals surface area contributed by atoms with Crippen molar-refractivity contribution in [1.82, 2.24) is 19.7 Å². The van der Waals surface area contributed by atoms with Crippen molar-refractivity contribution in [2.45, 2.75) is 5.16 Å². The molecule has 4 rings (SSSR count). The predicted molar refractivity (Wildman–Crippen MR) is 130 cm³/mol. The minimum atomic E-state index is -0.183. The van der Waals surface area contributed by atoms with Crippen LogP contribution in [0.4, 0.5) is 5.13 Å². The van der Waals surface area contributed by atoms with E-state index in [0.29, 0.717) is 31.9 Å². The number of nitrogens with zero attached hydrogens (tertiary/aromatic N) is 4. The molecule has 0 atom stereocenters. The number of hydrogen-bond donors (Lipinski definition) is 1. The summed E-state index contributed by atoms with van der Waals surface area (Å²) in [6.45, 7) is 0. The molecule has 11 heteroatoms. The summed E-state index contributed by atoms with van der Waals surface area (Å²) in [5.41, 5.74) is 2.44. The Balaban J connectivity index is 1.40. The van der Waals surface area contributed by atoms with Crippen LogP contribution in [0.5, 0.6) is 5.75 Å². The summed E-state index contributed by atoms with van der Waals surface area (Å²) in [5.74, 6) is 1.21. The van der Waals surface area contributed by atoms with Gasteiger partial charge in [0.15, 0.2) is 16.1 Å². The Hall–Kier alpha value is -2.59. The summed E-state index contributed by atoms with van der Waals surface area (Å²) >= 11 is 14.7.